The van der Waals surface area contributed by atoms with Crippen LogP contribution < -0.4 is 0 Å². The molecule has 0 unspecified atom stereocenters. The topological polar surface area (TPSA) is 118 Å². The van der Waals surface area contributed by atoms with Crippen LogP contribution in [-0.4, -0.2) is 48.6 Å². The molecule has 0 bridgehead atoms. The number of nitrogens with zero attached hydrogens (tertiary/aromatic N) is 10. The Balaban J connectivity index is 0.000000103. The first-order valence-electron chi connectivity index (χ1n) is 47.5. The Morgan fingerprint density at radius 3 is 1.24 bits per heavy atom. The zero-order chi connectivity index (χ0) is 92.4. The van der Waals surface area contributed by atoms with Crippen LogP contribution in [0.1, 0.15) is 25.0 Å². The predicted octanol–water partition coefficient (Wildman–Crippen LogP) is 33.6. The minimum atomic E-state index is -0.185. The smallest absolute Gasteiger partial charge is 0.238 e. The number of hydrogen-bond acceptors (Lipinski definition) is 9. The van der Waals surface area contributed by atoms with Gasteiger partial charge >= 0.3 is 0 Å². The molecule has 8 heterocycles. The van der Waals surface area contributed by atoms with E-state index in [1.807, 2.05) is 84.1 Å². The van der Waals surface area contributed by atoms with Crippen LogP contribution in [0.15, 0.2) is 453 Å². The number of hydrogen-bond donors (Lipinski definition) is 0. The second kappa shape index (κ2) is 32.0. The third-order valence-corrected chi connectivity index (χ3v) is 29.7. The fraction of sp³-hybridized carbons (Fsp3) is 0.0234. The molecule has 1 aliphatic rings. The average Bonchev–Trinajstić information content (AvgIpc) is 1.38. The highest BCUT2D eigenvalue weighted by atomic mass is 32.1. The van der Waals surface area contributed by atoms with Crippen molar-refractivity contribution in [2.24, 2.45) is 0 Å². The SMILES string of the molecule is CC1(C)c2ccc3ccccc3c2-c2c1c1ccccc1c1c2c2ccccc2n1-c1nc(-c2ccccc2)cc(-c2ccccc2)n1.c1ccc(-c2cc(-n3c4cc5ccccc5cc4c4c5c(ccc43)oc3cc4ccccc4cc35)nc(-c3ccccc3)n2)cc1.c1ccc(-c2nc(-c3ccccc3)nc(-n3c4cc5ccccc5cc4c4c5c(ccc43)sc3c4ccccc4ccc35)n2)cc1. The minimum Gasteiger partial charge on any atom is -0.456 e. The summed E-state index contributed by atoms with van der Waals surface area (Å²) in [6.45, 7) is 4.78. The van der Waals surface area contributed by atoms with Gasteiger partial charge < -0.3 is 4.42 Å². The number of para-hydroxylation sites is 1. The van der Waals surface area contributed by atoms with Crippen LogP contribution in [0.3, 0.4) is 0 Å². The highest BCUT2D eigenvalue weighted by Gasteiger charge is 2.41. The lowest BCUT2D eigenvalue weighted by atomic mass is 9.79. The lowest BCUT2D eigenvalue weighted by Crippen LogP contribution is -2.15. The second-order valence-electron chi connectivity index (χ2n) is 36.9. The van der Waals surface area contributed by atoms with Crippen molar-refractivity contribution in [1.82, 2.24) is 48.6 Å². The molecule has 21 aromatic carbocycles. The molecule has 0 spiro atoms. The van der Waals surface area contributed by atoms with Crippen LogP contribution in [0.4, 0.5) is 0 Å². The summed E-state index contributed by atoms with van der Waals surface area (Å²) in [7, 11) is 0. The van der Waals surface area contributed by atoms with Crippen molar-refractivity contribution in [3.8, 4) is 96.8 Å². The number of fused-ring (bicyclic) bond motifs is 31. The van der Waals surface area contributed by atoms with Crippen molar-refractivity contribution in [3.05, 3.63) is 460 Å². The molecule has 29 aromatic rings. The normalized spacial score (nSPS) is 12.4. The molecular formula is C128H80N10OS. The summed E-state index contributed by atoms with van der Waals surface area (Å²) in [5, 5.41) is 26.7. The van der Waals surface area contributed by atoms with Gasteiger partial charge in [0.15, 0.2) is 17.5 Å². The predicted molar refractivity (Wildman–Crippen MR) is 582 cm³/mol. The van der Waals surface area contributed by atoms with Gasteiger partial charge in [-0.15, -0.1) is 11.3 Å². The Bertz CT molecular complexity index is 9750. The molecule has 0 radical (unpaired) electrons. The van der Waals surface area contributed by atoms with Crippen LogP contribution in [0, 0.1) is 0 Å². The molecule has 12 heteroatoms. The van der Waals surface area contributed by atoms with Gasteiger partial charge in [0.1, 0.15) is 17.0 Å². The van der Waals surface area contributed by atoms with Gasteiger partial charge in [0.05, 0.1) is 50.2 Å². The summed E-state index contributed by atoms with van der Waals surface area (Å²) in [5.41, 5.74) is 22.3. The van der Waals surface area contributed by atoms with Crippen LogP contribution in [-0.2, 0) is 5.41 Å². The van der Waals surface area contributed by atoms with Crippen LogP contribution >= 0.6 is 11.3 Å². The van der Waals surface area contributed by atoms with E-state index >= 15 is 0 Å². The van der Waals surface area contributed by atoms with Crippen LogP contribution in [0.5, 0.6) is 0 Å². The third kappa shape index (κ3) is 12.8. The van der Waals surface area contributed by atoms with E-state index in [1.54, 1.807) is 0 Å². The van der Waals surface area contributed by atoms with Crippen LogP contribution in [0.2, 0.25) is 0 Å². The molecule has 30 rings (SSSR count). The van der Waals surface area contributed by atoms with Gasteiger partial charge in [-0.1, -0.05) is 384 Å². The van der Waals surface area contributed by atoms with Gasteiger partial charge in [-0.3, -0.25) is 13.7 Å². The fourth-order valence-corrected chi connectivity index (χ4v) is 23.4. The van der Waals surface area contributed by atoms with Gasteiger partial charge in [0.25, 0.3) is 0 Å². The van der Waals surface area contributed by atoms with Gasteiger partial charge in [-0.25, -0.2) is 24.9 Å². The molecule has 0 aliphatic heterocycles. The largest absolute Gasteiger partial charge is 0.456 e. The van der Waals surface area contributed by atoms with Gasteiger partial charge in [-0.2, -0.15) is 9.97 Å². The fourth-order valence-electron chi connectivity index (χ4n) is 22.2. The van der Waals surface area contributed by atoms with E-state index in [9.17, 15) is 0 Å². The van der Waals surface area contributed by atoms with E-state index < -0.39 is 0 Å². The van der Waals surface area contributed by atoms with E-state index in [2.05, 4.69) is 404 Å². The summed E-state index contributed by atoms with van der Waals surface area (Å²) in [4.78, 5) is 36.3. The van der Waals surface area contributed by atoms with Gasteiger partial charge in [-0.05, 0) is 154 Å². The number of thiophene rings is 1. The van der Waals surface area contributed by atoms with Gasteiger partial charge in [0, 0.05) is 114 Å². The number of furan rings is 1. The summed E-state index contributed by atoms with van der Waals surface area (Å²) in [6, 6.07) is 159. The molecule has 1 aliphatic carbocycles. The molecular weight excluding hydrogens is 1730 g/mol. The average molecular weight is 1810 g/mol. The summed E-state index contributed by atoms with van der Waals surface area (Å²) >= 11 is 1.87. The van der Waals surface area contributed by atoms with E-state index in [0.29, 0.717) is 29.4 Å². The quantitative estimate of drug-likeness (QED) is 0.140. The maximum atomic E-state index is 6.54. The molecule has 0 atom stereocenters. The monoisotopic (exact) mass is 1800 g/mol. The lowest BCUT2D eigenvalue weighted by Gasteiger charge is -2.24. The Hall–Kier alpha value is -18.2. The molecule has 0 saturated heterocycles. The van der Waals surface area contributed by atoms with Crippen molar-refractivity contribution >= 4 is 183 Å². The molecule has 140 heavy (non-hydrogen) atoms. The van der Waals surface area contributed by atoms with Crippen molar-refractivity contribution in [3.63, 3.8) is 0 Å². The Morgan fingerprint density at radius 1 is 0.236 bits per heavy atom. The Kier molecular flexibility index (Phi) is 18.3. The zero-order valence-corrected chi connectivity index (χ0v) is 76.8. The van der Waals surface area contributed by atoms with E-state index in [-0.39, 0.29) is 5.41 Å². The molecule has 0 N–H and O–H groups in total. The van der Waals surface area contributed by atoms with E-state index in [0.717, 1.165) is 122 Å². The molecule has 8 aromatic heterocycles. The van der Waals surface area contributed by atoms with Crippen LogP contribution in [0.25, 0.3) is 269 Å². The van der Waals surface area contributed by atoms with E-state index in [4.69, 9.17) is 39.3 Å². The van der Waals surface area contributed by atoms with Crippen molar-refractivity contribution < 1.29 is 4.42 Å². The maximum Gasteiger partial charge on any atom is 0.238 e. The van der Waals surface area contributed by atoms with E-state index in [1.165, 1.54) is 129 Å². The Morgan fingerprint density at radius 2 is 0.664 bits per heavy atom. The van der Waals surface area contributed by atoms with Crippen molar-refractivity contribution in [2.45, 2.75) is 19.3 Å². The van der Waals surface area contributed by atoms with Crippen molar-refractivity contribution in [1.29, 1.82) is 0 Å². The highest BCUT2D eigenvalue weighted by molar-refractivity contribution is 7.27. The molecule has 0 fully saturated rings. The molecule has 654 valence electrons. The zero-order valence-electron chi connectivity index (χ0n) is 76.0. The Labute approximate surface area is 806 Å². The molecule has 11 nitrogen and oxygen atoms in total. The standard InChI is InChI=1S/C45H31N3.C42H25N3O.C41H24N4S/c1-45(2)35-26-25-28-15-9-10-20-31(28)39(35)41-40-34-23-13-14-24-38(34)48(43(40)33-22-12-11-21-32(33)42(41)45)44-46-36(29-16-5-3-6-17-29)27-37(47-44)30-18-7-4-8-19-30;1-3-11-26(12-4-1)34-25-39(44-42(43-34)27-13-5-2-6-14-27)45-35-19-20-37-41(33-22-29-16-8-10-18-31(29)24-38(33)46-37)40(35)32-21-28-15-7-9-17-30(28)23-36(32)45;1-3-12-26(13-4-1)39-42-40(27-14-5-2-6-15-27)44-41(43-39)45-33-21-22-35-37(31-20-19-25-11-9-10-18-30(25)38(31)46-35)36(33)32-23-28-16-7-8-17-29(28)24-34(32)45/h3-27H,1-2H3;1-25H;1-24H. The number of rotatable bonds is 9. The highest BCUT2D eigenvalue weighted by Crippen LogP contribution is 2.59. The number of aromatic nitrogens is 10. The first kappa shape index (κ1) is 80.2. The van der Waals surface area contributed by atoms with Crippen molar-refractivity contribution in [2.75, 3.05) is 0 Å². The summed E-state index contributed by atoms with van der Waals surface area (Å²) < 4.78 is 16.0. The third-order valence-electron chi connectivity index (χ3n) is 28.5. The molecule has 0 saturated carbocycles. The first-order valence-corrected chi connectivity index (χ1v) is 48.3. The second-order valence-corrected chi connectivity index (χ2v) is 37.9. The maximum absolute atomic E-state index is 6.54. The molecule has 0 amide bonds. The lowest BCUT2D eigenvalue weighted by molar-refractivity contribution is 0.667. The first-order chi connectivity index (χ1) is 69.2. The minimum absolute atomic E-state index is 0.185. The number of benzene rings is 21. The summed E-state index contributed by atoms with van der Waals surface area (Å²) in [5.74, 6) is 4.08. The van der Waals surface area contributed by atoms with Gasteiger partial charge in [0.2, 0.25) is 11.9 Å². The summed E-state index contributed by atoms with van der Waals surface area (Å²) in [6.07, 6.45) is 0.